The molecule has 2 aromatic carbocycles. The van der Waals surface area contributed by atoms with E-state index in [0.29, 0.717) is 28.3 Å². The number of aromatic nitrogens is 2. The number of hydrogen-bond acceptors (Lipinski definition) is 5. The molecule has 0 aliphatic carbocycles. The van der Waals surface area contributed by atoms with E-state index in [-0.39, 0.29) is 25.2 Å². The highest BCUT2D eigenvalue weighted by molar-refractivity contribution is 9.10. The molecule has 0 atom stereocenters. The molecule has 0 fully saturated rings. The van der Waals surface area contributed by atoms with E-state index in [1.165, 1.54) is 18.5 Å². The highest BCUT2D eigenvalue weighted by Gasteiger charge is 2.10. The Morgan fingerprint density at radius 2 is 1.75 bits per heavy atom. The van der Waals surface area contributed by atoms with Crippen molar-refractivity contribution in [2.45, 2.75) is 6.42 Å². The molecule has 2 N–H and O–H groups in total. The zero-order valence-corrected chi connectivity index (χ0v) is 16.4. The zero-order valence-electron chi connectivity index (χ0n) is 14.8. The lowest BCUT2D eigenvalue weighted by Gasteiger charge is -2.09. The Bertz CT molecular complexity index is 916. The number of aliphatic hydroxyl groups excluding tert-OH is 1. The summed E-state index contributed by atoms with van der Waals surface area (Å²) >= 11 is 3.07. The van der Waals surface area contributed by atoms with Gasteiger partial charge in [-0.05, 0) is 42.8 Å². The van der Waals surface area contributed by atoms with Gasteiger partial charge in [0.05, 0.1) is 12.3 Å². The van der Waals surface area contributed by atoms with Gasteiger partial charge in [0.2, 0.25) is 0 Å². The van der Waals surface area contributed by atoms with Crippen molar-refractivity contribution < 1.29 is 18.6 Å². The number of hydrogen-bond donors (Lipinski definition) is 2. The normalized spacial score (nSPS) is 10.7. The zero-order chi connectivity index (χ0) is 19.9. The topological polar surface area (TPSA) is 67.3 Å². The van der Waals surface area contributed by atoms with E-state index in [9.17, 15) is 8.78 Å². The van der Waals surface area contributed by atoms with Gasteiger partial charge in [-0.3, -0.25) is 0 Å². The van der Waals surface area contributed by atoms with Gasteiger partial charge in [-0.25, -0.2) is 18.7 Å². The van der Waals surface area contributed by atoms with Gasteiger partial charge in [-0.15, -0.1) is 0 Å². The molecule has 0 aliphatic heterocycles. The van der Waals surface area contributed by atoms with Crippen LogP contribution < -0.4 is 10.1 Å². The number of anilines is 1. The largest absolute Gasteiger partial charge is 0.491 e. The molecule has 0 spiro atoms. The van der Waals surface area contributed by atoms with Crippen molar-refractivity contribution in [1.82, 2.24) is 9.97 Å². The predicted octanol–water partition coefficient (Wildman–Crippen LogP) is 4.21. The summed E-state index contributed by atoms with van der Waals surface area (Å²) in [6.07, 6.45) is 1.61. The van der Waals surface area contributed by atoms with Crippen LogP contribution in [0.2, 0.25) is 0 Å². The van der Waals surface area contributed by atoms with Crippen molar-refractivity contribution in [3.63, 3.8) is 0 Å². The van der Waals surface area contributed by atoms with E-state index < -0.39 is 11.6 Å². The number of ether oxygens (including phenoxy) is 1. The maximum absolute atomic E-state index is 13.9. The molecule has 146 valence electrons. The van der Waals surface area contributed by atoms with Gasteiger partial charge < -0.3 is 15.2 Å². The summed E-state index contributed by atoms with van der Waals surface area (Å²) in [4.78, 5) is 8.39. The van der Waals surface area contributed by atoms with Crippen LogP contribution in [0.4, 0.5) is 14.6 Å². The Hall–Kier alpha value is -2.58. The Balaban J connectivity index is 1.64. The number of rotatable bonds is 8. The summed E-state index contributed by atoms with van der Waals surface area (Å²) in [6, 6.07) is 11.5. The second-order valence-electron chi connectivity index (χ2n) is 5.91. The molecule has 3 aromatic rings. The summed E-state index contributed by atoms with van der Waals surface area (Å²) in [5, 5.41) is 11.8. The third kappa shape index (κ3) is 5.24. The molecule has 0 aliphatic rings. The molecule has 28 heavy (non-hydrogen) atoms. The average molecular weight is 450 g/mol. The van der Waals surface area contributed by atoms with Crippen LogP contribution in [0.15, 0.2) is 53.3 Å². The molecular weight excluding hydrogens is 432 g/mol. The fraction of sp³-hybridized carbons (Fsp3) is 0.200. The van der Waals surface area contributed by atoms with Crippen molar-refractivity contribution in [2.75, 3.05) is 25.1 Å². The minimum atomic E-state index is -0.583. The van der Waals surface area contributed by atoms with Gasteiger partial charge in [-0.2, -0.15) is 0 Å². The molecule has 0 saturated heterocycles. The lowest BCUT2D eigenvalue weighted by molar-refractivity contribution is 0.201. The predicted molar refractivity (Wildman–Crippen MR) is 106 cm³/mol. The first kappa shape index (κ1) is 20.2. The van der Waals surface area contributed by atoms with Crippen molar-refractivity contribution in [3.05, 3.63) is 70.5 Å². The third-order valence-electron chi connectivity index (χ3n) is 3.96. The van der Waals surface area contributed by atoms with Crippen LogP contribution in [0.25, 0.3) is 11.3 Å². The highest BCUT2D eigenvalue weighted by Crippen LogP contribution is 2.23. The lowest BCUT2D eigenvalue weighted by atomic mass is 10.1. The molecule has 1 heterocycles. The fourth-order valence-electron chi connectivity index (χ4n) is 2.62. The Morgan fingerprint density at radius 3 is 2.43 bits per heavy atom. The SMILES string of the molecule is OCCOc1ccc(-c2cc(NCCc3c(F)cc(Br)cc3F)ncn2)cc1. The van der Waals surface area contributed by atoms with Gasteiger partial charge in [0.15, 0.2) is 0 Å². The van der Waals surface area contributed by atoms with Crippen LogP contribution in [0.5, 0.6) is 5.75 Å². The Morgan fingerprint density at radius 1 is 1.04 bits per heavy atom. The molecule has 0 radical (unpaired) electrons. The van der Waals surface area contributed by atoms with Crippen LogP contribution in [-0.2, 0) is 6.42 Å². The summed E-state index contributed by atoms with van der Waals surface area (Å²) in [7, 11) is 0. The minimum Gasteiger partial charge on any atom is -0.491 e. The average Bonchev–Trinajstić information content (AvgIpc) is 2.69. The standard InChI is InChI=1S/C20H18BrF2N3O2/c21-14-9-17(22)16(18(23)10-14)5-6-24-20-11-19(25-12-26-20)13-1-3-15(4-2-13)28-8-7-27/h1-4,9-12,27H,5-8H2,(H,24,25,26). The van der Waals surface area contributed by atoms with Crippen LogP contribution in [0.1, 0.15) is 5.56 Å². The van der Waals surface area contributed by atoms with E-state index in [4.69, 9.17) is 9.84 Å². The van der Waals surface area contributed by atoms with Crippen molar-refractivity contribution in [1.29, 1.82) is 0 Å². The van der Waals surface area contributed by atoms with Gasteiger partial charge in [-0.1, -0.05) is 15.9 Å². The van der Waals surface area contributed by atoms with E-state index in [0.717, 1.165) is 5.56 Å². The van der Waals surface area contributed by atoms with Crippen LogP contribution >= 0.6 is 15.9 Å². The molecule has 0 bridgehead atoms. The summed E-state index contributed by atoms with van der Waals surface area (Å²) < 4.78 is 33.5. The molecule has 5 nitrogen and oxygen atoms in total. The minimum absolute atomic E-state index is 0.0310. The molecule has 8 heteroatoms. The number of benzene rings is 2. The van der Waals surface area contributed by atoms with Crippen molar-refractivity contribution in [2.24, 2.45) is 0 Å². The summed E-state index contributed by atoms with van der Waals surface area (Å²) in [5.74, 6) is 0.0495. The third-order valence-corrected chi connectivity index (χ3v) is 4.42. The first-order valence-corrected chi connectivity index (χ1v) is 9.39. The molecule has 0 unspecified atom stereocenters. The van der Waals surface area contributed by atoms with Crippen molar-refractivity contribution in [3.8, 4) is 17.0 Å². The van der Waals surface area contributed by atoms with Gasteiger partial charge in [0.25, 0.3) is 0 Å². The quantitative estimate of drug-likeness (QED) is 0.539. The number of halogens is 3. The smallest absolute Gasteiger partial charge is 0.130 e. The molecule has 1 aromatic heterocycles. The van der Waals surface area contributed by atoms with Crippen molar-refractivity contribution >= 4 is 21.7 Å². The Kier molecular flexibility index (Phi) is 6.89. The molecule has 0 amide bonds. The first-order chi connectivity index (χ1) is 13.6. The van der Waals surface area contributed by atoms with E-state index in [1.807, 2.05) is 12.1 Å². The number of aliphatic hydroxyl groups is 1. The lowest BCUT2D eigenvalue weighted by Crippen LogP contribution is -2.09. The van der Waals surface area contributed by atoms with E-state index in [2.05, 4.69) is 31.2 Å². The number of nitrogens with one attached hydrogen (secondary N) is 1. The summed E-state index contributed by atoms with van der Waals surface area (Å²) in [5.41, 5.74) is 1.60. The maximum atomic E-state index is 13.9. The van der Waals surface area contributed by atoms with Crippen LogP contribution in [0, 0.1) is 11.6 Å². The first-order valence-electron chi connectivity index (χ1n) is 8.60. The van der Waals surface area contributed by atoms with E-state index in [1.54, 1.807) is 18.2 Å². The second kappa shape index (κ2) is 9.57. The second-order valence-corrected chi connectivity index (χ2v) is 6.83. The molecule has 0 saturated carbocycles. The van der Waals surface area contributed by atoms with Gasteiger partial charge in [0, 0.05) is 28.2 Å². The van der Waals surface area contributed by atoms with Crippen LogP contribution in [0.3, 0.4) is 0 Å². The highest BCUT2D eigenvalue weighted by atomic mass is 79.9. The molecular formula is C20H18BrF2N3O2. The number of nitrogens with zero attached hydrogens (tertiary/aromatic N) is 2. The maximum Gasteiger partial charge on any atom is 0.130 e. The summed E-state index contributed by atoms with van der Waals surface area (Å²) in [6.45, 7) is 0.511. The van der Waals surface area contributed by atoms with E-state index >= 15 is 0 Å². The van der Waals surface area contributed by atoms with Crippen LogP contribution in [-0.4, -0.2) is 34.8 Å². The van der Waals surface area contributed by atoms with Gasteiger partial charge in [0.1, 0.15) is 36.1 Å². The van der Waals surface area contributed by atoms with Gasteiger partial charge >= 0.3 is 0 Å². The Labute approximate surface area is 169 Å². The molecule has 3 rings (SSSR count). The monoisotopic (exact) mass is 449 g/mol. The fourth-order valence-corrected chi connectivity index (χ4v) is 3.03.